The number of ether oxygens (including phenoxy) is 1. The van der Waals surface area contributed by atoms with E-state index in [0.29, 0.717) is 12.2 Å². The van der Waals surface area contributed by atoms with Gasteiger partial charge in [0.25, 0.3) is 0 Å². The number of methoxy groups -OCH3 is 1. The average Bonchev–Trinajstić information content (AvgIpc) is 2.35. The molecule has 1 amide bonds. The Morgan fingerprint density at radius 1 is 1.44 bits per heavy atom. The van der Waals surface area contributed by atoms with Crippen molar-refractivity contribution >= 4 is 17.7 Å². The summed E-state index contributed by atoms with van der Waals surface area (Å²) in [6, 6.07) is 9.60. The number of benzene rings is 1. The lowest BCUT2D eigenvalue weighted by atomic mass is 10.2. The molecular weight excluding hydrogens is 226 g/mol. The molecule has 1 aromatic rings. The van der Waals surface area contributed by atoms with Crippen LogP contribution in [0.5, 0.6) is 0 Å². The maximum Gasteiger partial charge on any atom is 0.414 e. The molecule has 0 unspecified atom stereocenters. The summed E-state index contributed by atoms with van der Waals surface area (Å²) in [6.07, 6.45) is -0.450. The predicted octanol–water partition coefficient (Wildman–Crippen LogP) is 3.01. The van der Waals surface area contributed by atoms with Gasteiger partial charge in [0.05, 0.1) is 19.5 Å². The Balaban J connectivity index is 2.79. The van der Waals surface area contributed by atoms with Crippen molar-refractivity contribution in [3.63, 3.8) is 0 Å². The normalized spacial score (nSPS) is 9.62. The van der Waals surface area contributed by atoms with Gasteiger partial charge in [0.1, 0.15) is 0 Å². The van der Waals surface area contributed by atoms with Gasteiger partial charge in [0, 0.05) is 5.70 Å². The topological polar surface area (TPSA) is 29.5 Å². The quantitative estimate of drug-likeness (QED) is 0.756. The first-order chi connectivity index (χ1) is 7.69. The lowest BCUT2D eigenvalue weighted by Gasteiger charge is -2.22. The van der Waals surface area contributed by atoms with Crippen molar-refractivity contribution < 1.29 is 9.53 Å². The number of carbonyl (C=O) groups excluding carboxylic acids is 1. The summed E-state index contributed by atoms with van der Waals surface area (Å²) in [5.74, 6) is 0.196. The number of hydrogen-bond acceptors (Lipinski definition) is 2. The Labute approximate surface area is 100 Å². The van der Waals surface area contributed by atoms with Crippen molar-refractivity contribution in [1.29, 1.82) is 0 Å². The van der Waals surface area contributed by atoms with E-state index in [2.05, 4.69) is 11.3 Å². The van der Waals surface area contributed by atoms with Gasteiger partial charge in [-0.15, -0.1) is 11.6 Å². The average molecular weight is 240 g/mol. The second-order valence-electron chi connectivity index (χ2n) is 3.24. The highest BCUT2D eigenvalue weighted by molar-refractivity contribution is 6.19. The van der Waals surface area contributed by atoms with E-state index >= 15 is 0 Å². The first-order valence-electron chi connectivity index (χ1n) is 4.82. The standard InChI is InChI=1S/C12H14ClNO2/c1-10(8-13)14(12(15)16-2)9-11-6-4-3-5-7-11/h3-7H,1,8-9H2,2H3. The van der Waals surface area contributed by atoms with E-state index in [1.165, 1.54) is 12.0 Å². The van der Waals surface area contributed by atoms with Crippen LogP contribution in [0.25, 0.3) is 0 Å². The van der Waals surface area contributed by atoms with Crippen LogP contribution >= 0.6 is 11.6 Å². The Hall–Kier alpha value is -1.48. The fourth-order valence-electron chi connectivity index (χ4n) is 1.25. The van der Waals surface area contributed by atoms with Gasteiger partial charge in [-0.05, 0) is 5.56 Å². The molecule has 0 saturated carbocycles. The van der Waals surface area contributed by atoms with Gasteiger partial charge in [-0.25, -0.2) is 4.79 Å². The second-order valence-corrected chi connectivity index (χ2v) is 3.51. The van der Waals surface area contributed by atoms with E-state index < -0.39 is 6.09 Å². The Morgan fingerprint density at radius 2 is 2.06 bits per heavy atom. The van der Waals surface area contributed by atoms with E-state index in [0.717, 1.165) is 5.56 Å². The highest BCUT2D eigenvalue weighted by atomic mass is 35.5. The Bertz CT molecular complexity index is 349. The van der Waals surface area contributed by atoms with Crippen molar-refractivity contribution in [2.75, 3.05) is 13.0 Å². The van der Waals surface area contributed by atoms with Crippen LogP contribution in [0.3, 0.4) is 0 Å². The molecule has 1 rings (SSSR count). The third kappa shape index (κ3) is 3.28. The second kappa shape index (κ2) is 6.18. The lowest BCUT2D eigenvalue weighted by Crippen LogP contribution is -2.29. The molecule has 86 valence electrons. The van der Waals surface area contributed by atoms with Crippen molar-refractivity contribution in [2.45, 2.75) is 6.54 Å². The molecular formula is C12H14ClNO2. The molecule has 0 fully saturated rings. The zero-order chi connectivity index (χ0) is 12.0. The van der Waals surface area contributed by atoms with E-state index in [9.17, 15) is 4.79 Å². The van der Waals surface area contributed by atoms with Crippen LogP contribution in [-0.4, -0.2) is 24.0 Å². The maximum absolute atomic E-state index is 11.5. The predicted molar refractivity (Wildman–Crippen MR) is 64.3 cm³/mol. The molecule has 0 saturated heterocycles. The number of alkyl halides is 1. The maximum atomic E-state index is 11.5. The first-order valence-corrected chi connectivity index (χ1v) is 5.35. The Kier molecular flexibility index (Phi) is 4.86. The first kappa shape index (κ1) is 12.6. The summed E-state index contributed by atoms with van der Waals surface area (Å²) in [5.41, 5.74) is 1.52. The molecule has 16 heavy (non-hydrogen) atoms. The summed E-state index contributed by atoms with van der Waals surface area (Å²) in [7, 11) is 1.34. The molecule has 0 heterocycles. The Morgan fingerprint density at radius 3 is 2.56 bits per heavy atom. The summed E-state index contributed by atoms with van der Waals surface area (Å²) in [6.45, 7) is 4.15. The largest absolute Gasteiger partial charge is 0.452 e. The van der Waals surface area contributed by atoms with Gasteiger partial charge in [0.2, 0.25) is 0 Å². The van der Waals surface area contributed by atoms with Gasteiger partial charge in [0.15, 0.2) is 0 Å². The zero-order valence-electron chi connectivity index (χ0n) is 9.15. The lowest BCUT2D eigenvalue weighted by molar-refractivity contribution is 0.134. The van der Waals surface area contributed by atoms with Gasteiger partial charge in [-0.3, -0.25) is 4.90 Å². The van der Waals surface area contributed by atoms with Crippen molar-refractivity contribution in [2.24, 2.45) is 0 Å². The van der Waals surface area contributed by atoms with Gasteiger partial charge < -0.3 is 4.74 Å². The van der Waals surface area contributed by atoms with Crippen LogP contribution in [0.15, 0.2) is 42.6 Å². The molecule has 0 aliphatic carbocycles. The highest BCUT2D eigenvalue weighted by Crippen LogP contribution is 2.12. The van der Waals surface area contributed by atoms with Gasteiger partial charge in [-0.2, -0.15) is 0 Å². The number of allylic oxidation sites excluding steroid dienone is 1. The monoisotopic (exact) mass is 239 g/mol. The fraction of sp³-hybridized carbons (Fsp3) is 0.250. The number of carbonyl (C=O) groups is 1. The number of hydrogen-bond donors (Lipinski definition) is 0. The number of halogens is 1. The summed E-state index contributed by atoms with van der Waals surface area (Å²) >= 11 is 5.67. The minimum atomic E-state index is -0.450. The number of nitrogens with zero attached hydrogens (tertiary/aromatic N) is 1. The van der Waals surface area contributed by atoms with Crippen LogP contribution in [-0.2, 0) is 11.3 Å². The smallest absolute Gasteiger partial charge is 0.414 e. The molecule has 0 aliphatic heterocycles. The van der Waals surface area contributed by atoms with Crippen molar-refractivity contribution in [1.82, 2.24) is 4.90 Å². The number of amides is 1. The van der Waals surface area contributed by atoms with Crippen molar-refractivity contribution in [3.05, 3.63) is 48.2 Å². The summed E-state index contributed by atoms with van der Waals surface area (Å²) in [5, 5.41) is 0. The minimum absolute atomic E-state index is 0.196. The zero-order valence-corrected chi connectivity index (χ0v) is 9.91. The van der Waals surface area contributed by atoms with Crippen LogP contribution in [0, 0.1) is 0 Å². The molecule has 0 spiro atoms. The third-order valence-electron chi connectivity index (χ3n) is 2.11. The fourth-order valence-corrected chi connectivity index (χ4v) is 1.40. The summed E-state index contributed by atoms with van der Waals surface area (Å²) in [4.78, 5) is 12.9. The minimum Gasteiger partial charge on any atom is -0.452 e. The van der Waals surface area contributed by atoms with E-state index in [-0.39, 0.29) is 5.88 Å². The molecule has 1 aromatic carbocycles. The summed E-state index contributed by atoms with van der Waals surface area (Å²) < 4.78 is 4.68. The van der Waals surface area contributed by atoms with E-state index in [1.807, 2.05) is 30.3 Å². The van der Waals surface area contributed by atoms with Crippen LogP contribution in [0.1, 0.15) is 5.56 Å². The van der Waals surface area contributed by atoms with E-state index in [1.54, 1.807) is 0 Å². The molecule has 3 nitrogen and oxygen atoms in total. The van der Waals surface area contributed by atoms with Crippen LogP contribution in [0.4, 0.5) is 4.79 Å². The van der Waals surface area contributed by atoms with E-state index in [4.69, 9.17) is 11.6 Å². The van der Waals surface area contributed by atoms with Gasteiger partial charge >= 0.3 is 6.09 Å². The van der Waals surface area contributed by atoms with Crippen LogP contribution < -0.4 is 0 Å². The molecule has 0 N–H and O–H groups in total. The van der Waals surface area contributed by atoms with Crippen molar-refractivity contribution in [3.8, 4) is 0 Å². The number of rotatable bonds is 4. The molecule has 0 atom stereocenters. The molecule has 0 radical (unpaired) electrons. The van der Waals surface area contributed by atoms with Gasteiger partial charge in [-0.1, -0.05) is 36.9 Å². The van der Waals surface area contributed by atoms with Crippen LogP contribution in [0.2, 0.25) is 0 Å². The molecule has 0 aliphatic rings. The molecule has 4 heteroatoms. The SMILES string of the molecule is C=C(CCl)N(Cc1ccccc1)C(=O)OC. The highest BCUT2D eigenvalue weighted by Gasteiger charge is 2.16. The third-order valence-corrected chi connectivity index (χ3v) is 2.42. The molecule has 0 aromatic heterocycles. The molecule has 0 bridgehead atoms.